The van der Waals surface area contributed by atoms with Crippen molar-refractivity contribution in [1.82, 2.24) is 9.13 Å². The summed E-state index contributed by atoms with van der Waals surface area (Å²) in [5.41, 5.74) is 11.1. The van der Waals surface area contributed by atoms with E-state index >= 15 is 0 Å². The van der Waals surface area contributed by atoms with Crippen LogP contribution in [0.5, 0.6) is 11.5 Å². The number of nitrogens with zero attached hydrogens (tertiary/aromatic N) is 2. The van der Waals surface area contributed by atoms with Gasteiger partial charge in [0.15, 0.2) is 0 Å². The van der Waals surface area contributed by atoms with E-state index in [1.807, 2.05) is 54.6 Å². The molecular formula is C48H30N2O2. The number of aromatic nitrogens is 2. The highest BCUT2D eigenvalue weighted by Crippen LogP contribution is 2.39. The normalized spacial score (nSPS) is 11.8. The van der Waals surface area contributed by atoms with Crippen LogP contribution >= 0.6 is 0 Å². The standard InChI is InChI=1S/C48H30N2O2/c1-2-10-35(11-3-1)51-36-23-20-33(21-24-36)49-43-15-7-4-12-37(43)40-28-31(18-25-45(40)49)32-19-26-46-41(29-32)38-13-5-8-16-44(38)50(46)34-22-27-48-42(30-34)39-14-6-9-17-47(39)52-48/h1-30H. The molecule has 0 aliphatic rings. The lowest BCUT2D eigenvalue weighted by atomic mass is 10.0. The van der Waals surface area contributed by atoms with Gasteiger partial charge in [0.1, 0.15) is 22.7 Å². The van der Waals surface area contributed by atoms with E-state index in [1.165, 1.54) is 54.7 Å². The average Bonchev–Trinajstić information content (AvgIpc) is 3.85. The molecule has 0 bridgehead atoms. The minimum absolute atomic E-state index is 0.810. The van der Waals surface area contributed by atoms with Crippen molar-refractivity contribution in [3.05, 3.63) is 182 Å². The first-order chi connectivity index (χ1) is 25.8. The predicted octanol–water partition coefficient (Wildman–Crippen LogP) is 13.2. The topological polar surface area (TPSA) is 32.2 Å². The van der Waals surface area contributed by atoms with Gasteiger partial charge in [-0.3, -0.25) is 0 Å². The van der Waals surface area contributed by atoms with Crippen LogP contribution in [0.1, 0.15) is 0 Å². The Kier molecular flexibility index (Phi) is 6.22. The zero-order valence-corrected chi connectivity index (χ0v) is 28.0. The van der Waals surface area contributed by atoms with Gasteiger partial charge in [-0.05, 0) is 108 Å². The zero-order valence-electron chi connectivity index (χ0n) is 28.0. The highest BCUT2D eigenvalue weighted by Gasteiger charge is 2.17. The Bertz CT molecular complexity index is 3150. The second-order valence-corrected chi connectivity index (χ2v) is 13.4. The largest absolute Gasteiger partial charge is 0.457 e. The zero-order chi connectivity index (χ0) is 34.2. The summed E-state index contributed by atoms with van der Waals surface area (Å²) in [6.45, 7) is 0. The van der Waals surface area contributed by atoms with Crippen LogP contribution in [0, 0.1) is 0 Å². The van der Waals surface area contributed by atoms with Crippen molar-refractivity contribution in [2.75, 3.05) is 0 Å². The van der Waals surface area contributed by atoms with E-state index in [4.69, 9.17) is 9.15 Å². The maximum Gasteiger partial charge on any atom is 0.135 e. The molecule has 0 unspecified atom stereocenters. The van der Waals surface area contributed by atoms with Crippen LogP contribution in [0.2, 0.25) is 0 Å². The fraction of sp³-hybridized carbons (Fsp3) is 0. The van der Waals surface area contributed by atoms with E-state index in [9.17, 15) is 0 Å². The van der Waals surface area contributed by atoms with Gasteiger partial charge in [-0.15, -0.1) is 0 Å². The van der Waals surface area contributed by atoms with Crippen LogP contribution < -0.4 is 4.74 Å². The predicted molar refractivity (Wildman–Crippen MR) is 214 cm³/mol. The number of ether oxygens (including phenoxy) is 1. The number of para-hydroxylation sites is 4. The summed E-state index contributed by atoms with van der Waals surface area (Å²) in [6.07, 6.45) is 0. The Morgan fingerprint density at radius 1 is 0.327 bits per heavy atom. The van der Waals surface area contributed by atoms with Crippen LogP contribution in [0.15, 0.2) is 186 Å². The SMILES string of the molecule is c1ccc(Oc2ccc(-n3c4ccccc4c4cc(-c5ccc6c(c5)c5ccccc5n6-c5ccc6oc7ccccc7c6c5)ccc43)cc2)cc1. The van der Waals surface area contributed by atoms with Crippen molar-refractivity contribution in [2.45, 2.75) is 0 Å². The highest BCUT2D eigenvalue weighted by atomic mass is 16.5. The molecule has 0 saturated carbocycles. The Morgan fingerprint density at radius 2 is 0.827 bits per heavy atom. The minimum Gasteiger partial charge on any atom is -0.457 e. The van der Waals surface area contributed by atoms with Gasteiger partial charge in [0.05, 0.1) is 22.1 Å². The van der Waals surface area contributed by atoms with Gasteiger partial charge < -0.3 is 18.3 Å². The molecule has 8 aromatic carbocycles. The van der Waals surface area contributed by atoms with Gasteiger partial charge in [-0.25, -0.2) is 0 Å². The summed E-state index contributed by atoms with van der Waals surface area (Å²) in [7, 11) is 0. The Balaban J connectivity index is 1.03. The van der Waals surface area contributed by atoms with Gasteiger partial charge >= 0.3 is 0 Å². The molecule has 0 fully saturated rings. The molecule has 3 aromatic heterocycles. The molecule has 0 N–H and O–H groups in total. The van der Waals surface area contributed by atoms with Gasteiger partial charge in [0, 0.05) is 43.7 Å². The first-order valence-corrected chi connectivity index (χ1v) is 17.6. The molecule has 0 aliphatic carbocycles. The number of furan rings is 1. The van der Waals surface area contributed by atoms with Gasteiger partial charge in [-0.1, -0.05) is 84.9 Å². The molecule has 0 amide bonds. The first-order valence-electron chi connectivity index (χ1n) is 17.6. The fourth-order valence-electron chi connectivity index (χ4n) is 8.00. The summed E-state index contributed by atoms with van der Waals surface area (Å²) >= 11 is 0. The summed E-state index contributed by atoms with van der Waals surface area (Å²) < 4.78 is 17.0. The van der Waals surface area contributed by atoms with E-state index in [0.717, 1.165) is 44.8 Å². The molecule has 0 radical (unpaired) electrons. The number of hydrogen-bond donors (Lipinski definition) is 0. The molecule has 0 spiro atoms. The lowest BCUT2D eigenvalue weighted by Gasteiger charge is -2.11. The maximum atomic E-state index is 6.16. The van der Waals surface area contributed by atoms with Crippen molar-refractivity contribution in [3.8, 4) is 34.0 Å². The second kappa shape index (κ2) is 11.2. The summed E-state index contributed by atoms with van der Waals surface area (Å²) in [4.78, 5) is 0. The lowest BCUT2D eigenvalue weighted by molar-refractivity contribution is 0.482. The Hall–Kier alpha value is -7.04. The van der Waals surface area contributed by atoms with E-state index in [0.29, 0.717) is 0 Å². The van der Waals surface area contributed by atoms with Crippen LogP contribution in [0.4, 0.5) is 0 Å². The number of fused-ring (bicyclic) bond motifs is 9. The summed E-state index contributed by atoms with van der Waals surface area (Å²) in [5, 5.41) is 7.16. The number of rotatable bonds is 5. The third-order valence-electron chi connectivity index (χ3n) is 10.4. The third-order valence-corrected chi connectivity index (χ3v) is 10.4. The minimum atomic E-state index is 0.810. The number of hydrogen-bond acceptors (Lipinski definition) is 2. The van der Waals surface area contributed by atoms with Gasteiger partial charge in [0.25, 0.3) is 0 Å². The Morgan fingerprint density at radius 3 is 1.50 bits per heavy atom. The van der Waals surface area contributed by atoms with Crippen LogP contribution in [0.25, 0.3) is 88.1 Å². The van der Waals surface area contributed by atoms with E-state index in [1.54, 1.807) is 0 Å². The van der Waals surface area contributed by atoms with Crippen molar-refractivity contribution >= 4 is 65.6 Å². The van der Waals surface area contributed by atoms with Crippen LogP contribution in [0.3, 0.4) is 0 Å². The third kappa shape index (κ3) is 4.41. The molecular weight excluding hydrogens is 637 g/mol. The van der Waals surface area contributed by atoms with E-state index < -0.39 is 0 Å². The Labute approximate surface area is 298 Å². The van der Waals surface area contributed by atoms with Gasteiger partial charge in [0.2, 0.25) is 0 Å². The molecule has 11 aromatic rings. The fourth-order valence-corrected chi connectivity index (χ4v) is 8.00. The highest BCUT2D eigenvalue weighted by molar-refractivity contribution is 6.13. The van der Waals surface area contributed by atoms with Gasteiger partial charge in [-0.2, -0.15) is 0 Å². The molecule has 3 heterocycles. The van der Waals surface area contributed by atoms with Crippen molar-refractivity contribution in [2.24, 2.45) is 0 Å². The molecule has 244 valence electrons. The molecule has 0 aliphatic heterocycles. The molecule has 11 rings (SSSR count). The second-order valence-electron chi connectivity index (χ2n) is 13.4. The quantitative estimate of drug-likeness (QED) is 0.183. The lowest BCUT2D eigenvalue weighted by Crippen LogP contribution is -1.94. The van der Waals surface area contributed by atoms with E-state index in [-0.39, 0.29) is 0 Å². The molecule has 4 heteroatoms. The van der Waals surface area contributed by atoms with Crippen LogP contribution in [-0.4, -0.2) is 9.13 Å². The smallest absolute Gasteiger partial charge is 0.135 e. The molecule has 0 atom stereocenters. The first kappa shape index (κ1) is 28.8. The van der Waals surface area contributed by atoms with Crippen molar-refractivity contribution in [1.29, 1.82) is 0 Å². The summed E-state index contributed by atoms with van der Waals surface area (Å²) in [6, 6.07) is 64.1. The van der Waals surface area contributed by atoms with Crippen molar-refractivity contribution < 1.29 is 9.15 Å². The molecule has 52 heavy (non-hydrogen) atoms. The summed E-state index contributed by atoms with van der Waals surface area (Å²) in [5.74, 6) is 1.64. The monoisotopic (exact) mass is 666 g/mol. The maximum absolute atomic E-state index is 6.16. The van der Waals surface area contributed by atoms with E-state index in [2.05, 4.69) is 137 Å². The average molecular weight is 667 g/mol. The van der Waals surface area contributed by atoms with Crippen molar-refractivity contribution in [3.63, 3.8) is 0 Å². The molecule has 4 nitrogen and oxygen atoms in total. The molecule has 0 saturated heterocycles. The van der Waals surface area contributed by atoms with Crippen LogP contribution in [-0.2, 0) is 0 Å². The number of benzene rings is 8.